The second-order valence-corrected chi connectivity index (χ2v) is 4.17. The van der Waals surface area contributed by atoms with Gasteiger partial charge in [-0.25, -0.2) is 0 Å². The summed E-state index contributed by atoms with van der Waals surface area (Å²) < 4.78 is 5.49. The monoisotopic (exact) mass is 223 g/mol. The lowest BCUT2D eigenvalue weighted by Crippen LogP contribution is -2.02. The van der Waals surface area contributed by atoms with Crippen LogP contribution in [-0.4, -0.2) is 12.8 Å². The number of rotatable bonds is 1. The van der Waals surface area contributed by atoms with E-state index >= 15 is 0 Å². The standard InChI is InChI=1S/C15H13NO/c1-11-3-2-4-12(9-11)13-5-6-15-14(10-13)16-7-8-17-15/h2-7,9-10H,8H2,1H3. The van der Waals surface area contributed by atoms with Crippen LogP contribution in [-0.2, 0) is 0 Å². The van der Waals surface area contributed by atoms with Gasteiger partial charge >= 0.3 is 0 Å². The Labute approximate surface area is 101 Å². The molecule has 2 aromatic carbocycles. The highest BCUT2D eigenvalue weighted by Crippen LogP contribution is 2.34. The minimum Gasteiger partial charge on any atom is -0.486 e. The molecule has 1 aliphatic rings. The predicted molar refractivity (Wildman–Crippen MR) is 70.3 cm³/mol. The molecule has 0 spiro atoms. The Bertz CT molecular complexity index is 587. The summed E-state index contributed by atoms with van der Waals surface area (Å²) in [6, 6.07) is 14.6. The molecule has 2 nitrogen and oxygen atoms in total. The summed E-state index contributed by atoms with van der Waals surface area (Å²) in [7, 11) is 0. The normalized spacial score (nSPS) is 13.0. The number of benzene rings is 2. The number of nitrogens with zero attached hydrogens (tertiary/aromatic N) is 1. The van der Waals surface area contributed by atoms with E-state index in [1.165, 1.54) is 16.7 Å². The zero-order chi connectivity index (χ0) is 11.7. The SMILES string of the molecule is Cc1cccc(-c2ccc3c(c2)N=CCO3)c1. The van der Waals surface area contributed by atoms with Crippen molar-refractivity contribution in [2.45, 2.75) is 6.92 Å². The quantitative estimate of drug-likeness (QED) is 0.721. The van der Waals surface area contributed by atoms with Crippen molar-refractivity contribution in [1.82, 2.24) is 0 Å². The number of aliphatic imine (C=N–C) groups is 1. The summed E-state index contributed by atoms with van der Waals surface area (Å²) in [6.07, 6.45) is 1.79. The molecular formula is C15H13NO. The summed E-state index contributed by atoms with van der Waals surface area (Å²) >= 11 is 0. The van der Waals surface area contributed by atoms with E-state index in [-0.39, 0.29) is 0 Å². The number of fused-ring (bicyclic) bond motifs is 1. The molecule has 0 saturated carbocycles. The number of hydrogen-bond acceptors (Lipinski definition) is 2. The Kier molecular flexibility index (Phi) is 2.41. The van der Waals surface area contributed by atoms with E-state index in [9.17, 15) is 0 Å². The van der Waals surface area contributed by atoms with Crippen LogP contribution in [0, 0.1) is 6.92 Å². The van der Waals surface area contributed by atoms with Crippen LogP contribution >= 0.6 is 0 Å². The Morgan fingerprint density at radius 2 is 1.94 bits per heavy atom. The molecule has 17 heavy (non-hydrogen) atoms. The lowest BCUT2D eigenvalue weighted by molar-refractivity contribution is 0.377. The van der Waals surface area contributed by atoms with Crippen LogP contribution in [0.25, 0.3) is 11.1 Å². The first-order valence-corrected chi connectivity index (χ1v) is 5.69. The maximum Gasteiger partial charge on any atom is 0.145 e. The minimum absolute atomic E-state index is 0.566. The first kappa shape index (κ1) is 10.1. The fourth-order valence-corrected chi connectivity index (χ4v) is 2.01. The third-order valence-electron chi connectivity index (χ3n) is 2.85. The summed E-state index contributed by atoms with van der Waals surface area (Å²) in [6.45, 7) is 2.67. The van der Waals surface area contributed by atoms with Crippen LogP contribution in [0.5, 0.6) is 5.75 Å². The zero-order valence-electron chi connectivity index (χ0n) is 9.68. The van der Waals surface area contributed by atoms with Gasteiger partial charge in [0.05, 0.1) is 0 Å². The Morgan fingerprint density at radius 1 is 1.06 bits per heavy atom. The molecule has 0 aliphatic carbocycles. The first-order chi connectivity index (χ1) is 8.33. The second kappa shape index (κ2) is 4.06. The minimum atomic E-state index is 0.566. The number of hydrogen-bond donors (Lipinski definition) is 0. The van der Waals surface area contributed by atoms with Crippen molar-refractivity contribution < 1.29 is 4.74 Å². The fraction of sp³-hybridized carbons (Fsp3) is 0.133. The van der Waals surface area contributed by atoms with Gasteiger partial charge in [0.1, 0.15) is 18.0 Å². The maximum atomic E-state index is 5.49. The lowest BCUT2D eigenvalue weighted by atomic mass is 10.0. The van der Waals surface area contributed by atoms with Gasteiger partial charge in [-0.2, -0.15) is 0 Å². The van der Waals surface area contributed by atoms with Gasteiger partial charge in [-0.3, -0.25) is 4.99 Å². The maximum absolute atomic E-state index is 5.49. The highest BCUT2D eigenvalue weighted by atomic mass is 16.5. The molecule has 1 aliphatic heterocycles. The molecule has 2 heteroatoms. The molecule has 2 aromatic rings. The third kappa shape index (κ3) is 1.94. The lowest BCUT2D eigenvalue weighted by Gasteiger charge is -2.12. The Hall–Kier alpha value is -2.09. The Balaban J connectivity index is 2.08. The van der Waals surface area contributed by atoms with Crippen LogP contribution in [0.4, 0.5) is 5.69 Å². The average Bonchev–Trinajstić information content (AvgIpc) is 2.38. The first-order valence-electron chi connectivity index (χ1n) is 5.69. The van der Waals surface area contributed by atoms with Gasteiger partial charge in [0.25, 0.3) is 0 Å². The summed E-state index contributed by atoms with van der Waals surface area (Å²) in [5.41, 5.74) is 4.57. The van der Waals surface area contributed by atoms with Crippen molar-refractivity contribution in [2.24, 2.45) is 4.99 Å². The second-order valence-electron chi connectivity index (χ2n) is 4.17. The van der Waals surface area contributed by atoms with Crippen LogP contribution in [0.15, 0.2) is 47.5 Å². The number of aryl methyl sites for hydroxylation is 1. The average molecular weight is 223 g/mol. The largest absolute Gasteiger partial charge is 0.486 e. The molecule has 1 heterocycles. The molecule has 0 amide bonds. The molecule has 0 fully saturated rings. The van der Waals surface area contributed by atoms with E-state index in [2.05, 4.69) is 48.3 Å². The van der Waals surface area contributed by atoms with Gasteiger partial charge in [0.2, 0.25) is 0 Å². The molecule has 0 radical (unpaired) electrons. The summed E-state index contributed by atoms with van der Waals surface area (Å²) in [5, 5.41) is 0. The highest BCUT2D eigenvalue weighted by molar-refractivity contribution is 5.76. The summed E-state index contributed by atoms with van der Waals surface area (Å²) in [4.78, 5) is 4.35. The van der Waals surface area contributed by atoms with Gasteiger partial charge < -0.3 is 4.74 Å². The van der Waals surface area contributed by atoms with Crippen LogP contribution in [0.1, 0.15) is 5.56 Å². The molecule has 0 aromatic heterocycles. The van der Waals surface area contributed by atoms with E-state index in [1.807, 2.05) is 6.07 Å². The molecule has 0 atom stereocenters. The molecule has 84 valence electrons. The van der Waals surface area contributed by atoms with E-state index in [4.69, 9.17) is 4.74 Å². The molecule has 0 N–H and O–H groups in total. The predicted octanol–water partition coefficient (Wildman–Crippen LogP) is 3.76. The highest BCUT2D eigenvalue weighted by Gasteiger charge is 2.08. The molecule has 0 bridgehead atoms. The van der Waals surface area contributed by atoms with Gasteiger partial charge in [0.15, 0.2) is 0 Å². The van der Waals surface area contributed by atoms with Gasteiger partial charge in [-0.1, -0.05) is 35.9 Å². The van der Waals surface area contributed by atoms with E-state index < -0.39 is 0 Å². The Morgan fingerprint density at radius 3 is 2.82 bits per heavy atom. The van der Waals surface area contributed by atoms with E-state index in [0.29, 0.717) is 6.61 Å². The van der Waals surface area contributed by atoms with Crippen LogP contribution < -0.4 is 4.74 Å². The van der Waals surface area contributed by atoms with Crippen molar-refractivity contribution in [3.8, 4) is 16.9 Å². The van der Waals surface area contributed by atoms with Gasteiger partial charge in [-0.05, 0) is 30.2 Å². The van der Waals surface area contributed by atoms with Crippen LogP contribution in [0.3, 0.4) is 0 Å². The summed E-state index contributed by atoms with van der Waals surface area (Å²) in [5.74, 6) is 0.865. The fourth-order valence-electron chi connectivity index (χ4n) is 2.01. The van der Waals surface area contributed by atoms with Crippen molar-refractivity contribution in [3.63, 3.8) is 0 Å². The molecule has 0 unspecified atom stereocenters. The third-order valence-corrected chi connectivity index (χ3v) is 2.85. The van der Waals surface area contributed by atoms with E-state index in [1.54, 1.807) is 6.21 Å². The van der Waals surface area contributed by atoms with Gasteiger partial charge in [0, 0.05) is 6.21 Å². The van der Waals surface area contributed by atoms with Crippen molar-refractivity contribution >= 4 is 11.9 Å². The smallest absolute Gasteiger partial charge is 0.145 e. The zero-order valence-corrected chi connectivity index (χ0v) is 9.68. The topological polar surface area (TPSA) is 21.6 Å². The molecule has 3 rings (SSSR count). The molecular weight excluding hydrogens is 210 g/mol. The van der Waals surface area contributed by atoms with E-state index in [0.717, 1.165) is 11.4 Å². The number of ether oxygens (including phenoxy) is 1. The van der Waals surface area contributed by atoms with Crippen LogP contribution in [0.2, 0.25) is 0 Å². The van der Waals surface area contributed by atoms with Gasteiger partial charge in [-0.15, -0.1) is 0 Å². The van der Waals surface area contributed by atoms with Crippen molar-refractivity contribution in [3.05, 3.63) is 48.0 Å². The van der Waals surface area contributed by atoms with Crippen molar-refractivity contribution in [2.75, 3.05) is 6.61 Å². The molecule has 0 saturated heterocycles. The van der Waals surface area contributed by atoms with Crippen molar-refractivity contribution in [1.29, 1.82) is 0 Å².